The first-order chi connectivity index (χ1) is 8.97. The third-order valence-corrected chi connectivity index (χ3v) is 4.94. The predicted molar refractivity (Wildman–Crippen MR) is 78.2 cm³/mol. The van der Waals surface area contributed by atoms with E-state index in [2.05, 4.69) is 0 Å². The van der Waals surface area contributed by atoms with Crippen LogP contribution in [0.4, 0.5) is 0 Å². The largest absolute Gasteiger partial charge is 0.328 e. The minimum absolute atomic E-state index is 0.114. The van der Waals surface area contributed by atoms with Crippen molar-refractivity contribution in [2.75, 3.05) is 13.1 Å². The molecule has 0 spiro atoms. The third-order valence-electron chi connectivity index (χ3n) is 3.14. The van der Waals surface area contributed by atoms with E-state index in [0.717, 1.165) is 5.56 Å². The van der Waals surface area contributed by atoms with Crippen molar-refractivity contribution in [2.45, 2.75) is 18.9 Å². The highest BCUT2D eigenvalue weighted by molar-refractivity contribution is 7.92. The maximum Gasteiger partial charge on any atom is 0.236 e. The Morgan fingerprint density at radius 3 is 2.63 bits per heavy atom. The number of sulfonamides is 1. The van der Waals surface area contributed by atoms with Crippen molar-refractivity contribution < 1.29 is 8.42 Å². The standard InChI is InChI=1S/C13H17ClN2O2S/c14-12-3-1-2-11(10-12)6-9-19(17,18)16-7-4-13(15)5-8-16/h1-3,6,9-10,13H,4-5,7-8,15H2. The van der Waals surface area contributed by atoms with Crippen LogP contribution in [0.5, 0.6) is 0 Å². The van der Waals surface area contributed by atoms with E-state index >= 15 is 0 Å². The fraction of sp³-hybridized carbons (Fsp3) is 0.385. The Labute approximate surface area is 118 Å². The van der Waals surface area contributed by atoms with Crippen molar-refractivity contribution in [3.63, 3.8) is 0 Å². The molecule has 19 heavy (non-hydrogen) atoms. The molecule has 1 saturated heterocycles. The molecule has 1 aliphatic rings. The summed E-state index contributed by atoms with van der Waals surface area (Å²) < 4.78 is 25.7. The molecule has 0 saturated carbocycles. The predicted octanol–water partition coefficient (Wildman–Crippen LogP) is 2.06. The first kappa shape index (κ1) is 14.5. The Morgan fingerprint density at radius 1 is 1.32 bits per heavy atom. The van der Waals surface area contributed by atoms with Gasteiger partial charge in [0.05, 0.1) is 0 Å². The summed E-state index contributed by atoms with van der Waals surface area (Å²) in [7, 11) is -3.36. The summed E-state index contributed by atoms with van der Waals surface area (Å²) in [4.78, 5) is 0. The summed E-state index contributed by atoms with van der Waals surface area (Å²) in [5.41, 5.74) is 6.54. The monoisotopic (exact) mass is 300 g/mol. The van der Waals surface area contributed by atoms with E-state index in [1.807, 2.05) is 6.07 Å². The molecule has 1 aliphatic heterocycles. The molecule has 0 bridgehead atoms. The highest BCUT2D eigenvalue weighted by Crippen LogP contribution is 2.16. The van der Waals surface area contributed by atoms with Gasteiger partial charge in [-0.1, -0.05) is 23.7 Å². The number of piperidine rings is 1. The number of halogens is 1. The molecule has 0 atom stereocenters. The van der Waals surface area contributed by atoms with Crippen molar-refractivity contribution in [2.24, 2.45) is 5.73 Å². The van der Waals surface area contributed by atoms with Crippen LogP contribution in [0.2, 0.25) is 5.02 Å². The number of nitrogens with zero attached hydrogens (tertiary/aromatic N) is 1. The van der Waals surface area contributed by atoms with E-state index in [9.17, 15) is 8.42 Å². The van der Waals surface area contributed by atoms with E-state index in [-0.39, 0.29) is 6.04 Å². The SMILES string of the molecule is NC1CCN(S(=O)(=O)C=Cc2cccc(Cl)c2)CC1. The van der Waals surface area contributed by atoms with Crippen LogP contribution >= 0.6 is 11.6 Å². The lowest BCUT2D eigenvalue weighted by Crippen LogP contribution is -2.41. The van der Waals surface area contributed by atoms with Gasteiger partial charge in [-0.2, -0.15) is 4.31 Å². The van der Waals surface area contributed by atoms with Gasteiger partial charge in [-0.05, 0) is 36.6 Å². The van der Waals surface area contributed by atoms with E-state index in [1.54, 1.807) is 24.3 Å². The zero-order valence-corrected chi connectivity index (χ0v) is 12.1. The lowest BCUT2D eigenvalue weighted by atomic mass is 10.1. The van der Waals surface area contributed by atoms with Crippen molar-refractivity contribution in [3.8, 4) is 0 Å². The highest BCUT2D eigenvalue weighted by atomic mass is 35.5. The van der Waals surface area contributed by atoms with Crippen molar-refractivity contribution >= 4 is 27.7 Å². The molecule has 1 fully saturated rings. The molecule has 0 radical (unpaired) electrons. The normalized spacial score (nSPS) is 19.1. The Morgan fingerprint density at radius 2 is 2.00 bits per heavy atom. The molecule has 0 amide bonds. The van der Waals surface area contributed by atoms with Crippen molar-refractivity contribution in [1.29, 1.82) is 0 Å². The minimum atomic E-state index is -3.36. The number of rotatable bonds is 3. The van der Waals surface area contributed by atoms with Gasteiger partial charge in [-0.3, -0.25) is 0 Å². The first-order valence-corrected chi connectivity index (χ1v) is 8.05. The number of nitrogens with two attached hydrogens (primary N) is 1. The summed E-state index contributed by atoms with van der Waals surface area (Å²) in [6.07, 6.45) is 2.99. The smallest absolute Gasteiger partial charge is 0.236 e. The molecular weight excluding hydrogens is 284 g/mol. The van der Waals surface area contributed by atoms with Crippen LogP contribution in [0.25, 0.3) is 6.08 Å². The average Bonchev–Trinajstić information content (AvgIpc) is 2.37. The van der Waals surface area contributed by atoms with Crippen LogP contribution in [0.1, 0.15) is 18.4 Å². The number of benzene rings is 1. The average molecular weight is 301 g/mol. The van der Waals surface area contributed by atoms with Crippen LogP contribution in [-0.4, -0.2) is 31.9 Å². The summed E-state index contributed by atoms with van der Waals surface area (Å²) in [6, 6.07) is 7.18. The van der Waals surface area contributed by atoms with E-state index in [0.29, 0.717) is 31.0 Å². The van der Waals surface area contributed by atoms with Gasteiger partial charge in [0.15, 0.2) is 0 Å². The Kier molecular flexibility index (Phi) is 4.62. The van der Waals surface area contributed by atoms with Gasteiger partial charge < -0.3 is 5.73 Å². The molecule has 6 heteroatoms. The zero-order valence-electron chi connectivity index (χ0n) is 10.5. The fourth-order valence-corrected chi connectivity index (χ4v) is 3.41. The summed E-state index contributed by atoms with van der Waals surface area (Å²) in [6.45, 7) is 0.979. The van der Waals surface area contributed by atoms with Crippen LogP contribution in [0.3, 0.4) is 0 Å². The zero-order chi connectivity index (χ0) is 13.9. The molecule has 1 aromatic rings. The lowest BCUT2D eigenvalue weighted by molar-refractivity contribution is 0.323. The van der Waals surface area contributed by atoms with Gasteiger partial charge in [0.25, 0.3) is 0 Å². The molecule has 4 nitrogen and oxygen atoms in total. The number of hydrogen-bond acceptors (Lipinski definition) is 3. The molecule has 0 unspecified atom stereocenters. The van der Waals surface area contributed by atoms with Crippen LogP contribution in [0.15, 0.2) is 29.7 Å². The molecule has 0 aromatic heterocycles. The van der Waals surface area contributed by atoms with Gasteiger partial charge in [-0.15, -0.1) is 0 Å². The van der Waals surface area contributed by atoms with E-state index < -0.39 is 10.0 Å². The molecule has 2 rings (SSSR count). The second-order valence-corrected chi connectivity index (χ2v) is 6.89. The van der Waals surface area contributed by atoms with Gasteiger partial charge in [-0.25, -0.2) is 8.42 Å². The lowest BCUT2D eigenvalue weighted by Gasteiger charge is -2.28. The topological polar surface area (TPSA) is 63.4 Å². The Bertz CT molecular complexity index is 564. The minimum Gasteiger partial charge on any atom is -0.328 e. The molecular formula is C13H17ClN2O2S. The summed E-state index contributed by atoms with van der Waals surface area (Å²) in [5, 5.41) is 1.82. The second-order valence-electron chi connectivity index (χ2n) is 4.64. The Balaban J connectivity index is 2.08. The van der Waals surface area contributed by atoms with Crippen LogP contribution < -0.4 is 5.73 Å². The van der Waals surface area contributed by atoms with Crippen LogP contribution in [0, 0.1) is 0 Å². The maximum atomic E-state index is 12.1. The van der Waals surface area contributed by atoms with Gasteiger partial charge in [0.2, 0.25) is 10.0 Å². The van der Waals surface area contributed by atoms with Gasteiger partial charge in [0.1, 0.15) is 0 Å². The highest BCUT2D eigenvalue weighted by Gasteiger charge is 2.24. The summed E-state index contributed by atoms with van der Waals surface area (Å²) in [5.74, 6) is 0. The van der Waals surface area contributed by atoms with E-state index in [4.69, 9.17) is 17.3 Å². The second kappa shape index (κ2) is 6.05. The third kappa shape index (κ3) is 4.04. The van der Waals surface area contributed by atoms with Crippen LogP contribution in [-0.2, 0) is 10.0 Å². The first-order valence-electron chi connectivity index (χ1n) is 6.17. The molecule has 1 heterocycles. The molecule has 2 N–H and O–H groups in total. The Hall–Kier alpha value is -0.880. The van der Waals surface area contributed by atoms with Gasteiger partial charge >= 0.3 is 0 Å². The van der Waals surface area contributed by atoms with Gasteiger partial charge in [0, 0.05) is 29.6 Å². The molecule has 1 aromatic carbocycles. The van der Waals surface area contributed by atoms with Crippen molar-refractivity contribution in [1.82, 2.24) is 4.31 Å². The van der Waals surface area contributed by atoms with E-state index in [1.165, 1.54) is 9.71 Å². The quantitative estimate of drug-likeness (QED) is 0.929. The molecule has 0 aliphatic carbocycles. The van der Waals surface area contributed by atoms with Crippen molar-refractivity contribution in [3.05, 3.63) is 40.3 Å². The molecule has 104 valence electrons. The fourth-order valence-electron chi connectivity index (χ4n) is 1.99. The maximum absolute atomic E-state index is 12.1. The number of hydrogen-bond donors (Lipinski definition) is 1. The summed E-state index contributed by atoms with van der Waals surface area (Å²) >= 11 is 5.85.